The van der Waals surface area contributed by atoms with Gasteiger partial charge in [-0.1, -0.05) is 0 Å². The lowest BCUT2D eigenvalue weighted by molar-refractivity contribution is 0.331. The number of hydrogen-bond acceptors (Lipinski definition) is 2. The summed E-state index contributed by atoms with van der Waals surface area (Å²) in [5.41, 5.74) is 2.65. The van der Waals surface area contributed by atoms with Crippen LogP contribution in [0.4, 0.5) is 0 Å². The molecule has 0 saturated carbocycles. The van der Waals surface area contributed by atoms with Gasteiger partial charge in [-0.15, -0.1) is 0 Å². The first-order valence-electron chi connectivity index (χ1n) is 4.64. The van der Waals surface area contributed by atoms with E-state index < -0.39 is 0 Å². The van der Waals surface area contributed by atoms with Crippen molar-refractivity contribution in [3.8, 4) is 0 Å². The predicted molar refractivity (Wildman–Crippen MR) is 50.7 cm³/mol. The highest BCUT2D eigenvalue weighted by atomic mass is 15.4. The Bertz CT molecular complexity index is 149. The Morgan fingerprint density at radius 2 is 2.08 bits per heavy atom. The molecule has 1 heterocycles. The van der Waals surface area contributed by atoms with Crippen LogP contribution in [0.5, 0.6) is 0 Å². The standard InChI is InChI=1S/C8H18N4/c1-2-10-8(11-9)12-6-4-3-5-7-12/h2-7,9H2,1H3,(H,10,11). The van der Waals surface area contributed by atoms with Gasteiger partial charge >= 0.3 is 0 Å². The van der Waals surface area contributed by atoms with E-state index in [4.69, 9.17) is 5.84 Å². The molecule has 0 unspecified atom stereocenters. The summed E-state index contributed by atoms with van der Waals surface area (Å²) in [6.45, 7) is 4.98. The van der Waals surface area contributed by atoms with Gasteiger partial charge in [0.2, 0.25) is 5.96 Å². The minimum absolute atomic E-state index is 0.788. The number of likely N-dealkylation sites (tertiary alicyclic amines) is 1. The summed E-state index contributed by atoms with van der Waals surface area (Å²) in [4.78, 5) is 6.49. The Balaban J connectivity index is 2.46. The van der Waals surface area contributed by atoms with E-state index in [9.17, 15) is 0 Å². The molecule has 0 aromatic carbocycles. The molecule has 0 aromatic rings. The Morgan fingerprint density at radius 3 is 2.58 bits per heavy atom. The SMILES string of the molecule is CCN=C(NN)N1CCCCC1. The highest BCUT2D eigenvalue weighted by Crippen LogP contribution is 2.08. The Morgan fingerprint density at radius 1 is 1.42 bits per heavy atom. The highest BCUT2D eigenvalue weighted by Gasteiger charge is 2.12. The molecule has 4 heteroatoms. The van der Waals surface area contributed by atoms with E-state index >= 15 is 0 Å². The van der Waals surface area contributed by atoms with Crippen LogP contribution in [-0.2, 0) is 0 Å². The van der Waals surface area contributed by atoms with Crippen molar-refractivity contribution in [2.24, 2.45) is 10.8 Å². The quantitative estimate of drug-likeness (QED) is 0.258. The molecule has 0 aromatic heterocycles. The molecule has 1 rings (SSSR count). The fourth-order valence-electron chi connectivity index (χ4n) is 1.49. The van der Waals surface area contributed by atoms with Crippen LogP contribution in [0.1, 0.15) is 26.2 Å². The Hall–Kier alpha value is -0.770. The van der Waals surface area contributed by atoms with Crippen molar-refractivity contribution in [3.63, 3.8) is 0 Å². The second kappa shape index (κ2) is 4.98. The number of rotatable bonds is 1. The maximum atomic E-state index is 5.37. The Kier molecular flexibility index (Phi) is 3.87. The first kappa shape index (κ1) is 9.32. The van der Waals surface area contributed by atoms with Crippen LogP contribution in [0.3, 0.4) is 0 Å². The van der Waals surface area contributed by atoms with Crippen LogP contribution in [0.15, 0.2) is 4.99 Å². The smallest absolute Gasteiger partial charge is 0.208 e. The van der Waals surface area contributed by atoms with Crippen molar-refractivity contribution in [1.82, 2.24) is 10.3 Å². The molecule has 0 bridgehead atoms. The maximum Gasteiger partial charge on any atom is 0.208 e. The zero-order valence-electron chi connectivity index (χ0n) is 7.71. The van der Waals surface area contributed by atoms with Gasteiger partial charge in [-0.25, -0.2) is 5.84 Å². The highest BCUT2D eigenvalue weighted by molar-refractivity contribution is 5.79. The molecule has 12 heavy (non-hydrogen) atoms. The lowest BCUT2D eigenvalue weighted by Gasteiger charge is -2.28. The molecule has 1 aliphatic rings. The van der Waals surface area contributed by atoms with Gasteiger partial charge in [-0.3, -0.25) is 10.4 Å². The van der Waals surface area contributed by atoms with Crippen LogP contribution in [0.25, 0.3) is 0 Å². The molecule has 0 amide bonds. The van der Waals surface area contributed by atoms with Crippen molar-refractivity contribution in [2.75, 3.05) is 19.6 Å². The van der Waals surface area contributed by atoms with E-state index in [1.54, 1.807) is 0 Å². The van der Waals surface area contributed by atoms with Crippen LogP contribution < -0.4 is 11.3 Å². The third kappa shape index (κ3) is 2.37. The zero-order chi connectivity index (χ0) is 8.81. The molecule has 1 fully saturated rings. The zero-order valence-corrected chi connectivity index (χ0v) is 7.71. The van der Waals surface area contributed by atoms with Gasteiger partial charge in [-0.2, -0.15) is 0 Å². The van der Waals surface area contributed by atoms with E-state index in [1.165, 1.54) is 19.3 Å². The topological polar surface area (TPSA) is 53.6 Å². The molecule has 1 aliphatic heterocycles. The number of aliphatic imine (C=N–C) groups is 1. The number of nitrogens with one attached hydrogen (secondary N) is 1. The first-order chi connectivity index (χ1) is 5.88. The summed E-state index contributed by atoms with van der Waals surface area (Å²) in [5.74, 6) is 6.21. The monoisotopic (exact) mass is 170 g/mol. The molecular formula is C8H18N4. The molecule has 0 atom stereocenters. The van der Waals surface area contributed by atoms with Crippen molar-refractivity contribution in [3.05, 3.63) is 0 Å². The van der Waals surface area contributed by atoms with Crippen LogP contribution in [-0.4, -0.2) is 30.5 Å². The summed E-state index contributed by atoms with van der Waals surface area (Å²) < 4.78 is 0. The molecule has 0 spiro atoms. The summed E-state index contributed by atoms with van der Waals surface area (Å²) in [5, 5.41) is 0. The molecule has 0 radical (unpaired) electrons. The largest absolute Gasteiger partial charge is 0.342 e. The third-order valence-corrected chi connectivity index (χ3v) is 2.09. The summed E-state index contributed by atoms with van der Waals surface area (Å²) >= 11 is 0. The first-order valence-corrected chi connectivity index (χ1v) is 4.64. The number of nitrogens with two attached hydrogens (primary N) is 1. The van der Waals surface area contributed by atoms with Gasteiger partial charge in [0.25, 0.3) is 0 Å². The lowest BCUT2D eigenvalue weighted by Crippen LogP contribution is -2.47. The van der Waals surface area contributed by atoms with E-state index in [0.717, 1.165) is 25.6 Å². The number of nitrogens with zero attached hydrogens (tertiary/aromatic N) is 2. The molecule has 4 nitrogen and oxygen atoms in total. The molecule has 0 aliphatic carbocycles. The van der Waals surface area contributed by atoms with E-state index in [-0.39, 0.29) is 0 Å². The fraction of sp³-hybridized carbons (Fsp3) is 0.875. The van der Waals surface area contributed by atoms with Crippen molar-refractivity contribution in [2.45, 2.75) is 26.2 Å². The average molecular weight is 170 g/mol. The molecular weight excluding hydrogens is 152 g/mol. The normalized spacial score (nSPS) is 19.5. The Labute approximate surface area is 73.8 Å². The van der Waals surface area contributed by atoms with Crippen LogP contribution >= 0.6 is 0 Å². The average Bonchev–Trinajstić information content (AvgIpc) is 2.15. The number of hydrogen-bond donors (Lipinski definition) is 2. The van der Waals surface area contributed by atoms with Crippen molar-refractivity contribution >= 4 is 5.96 Å². The number of hydrazine groups is 1. The summed E-state index contributed by atoms with van der Waals surface area (Å²) in [6, 6.07) is 0. The summed E-state index contributed by atoms with van der Waals surface area (Å²) in [7, 11) is 0. The second-order valence-corrected chi connectivity index (χ2v) is 2.99. The fourth-order valence-corrected chi connectivity index (χ4v) is 1.49. The maximum absolute atomic E-state index is 5.37. The number of guanidine groups is 1. The van der Waals surface area contributed by atoms with Crippen molar-refractivity contribution < 1.29 is 0 Å². The third-order valence-electron chi connectivity index (χ3n) is 2.09. The van der Waals surface area contributed by atoms with Gasteiger partial charge in [0.05, 0.1) is 0 Å². The van der Waals surface area contributed by atoms with Gasteiger partial charge in [-0.05, 0) is 26.2 Å². The van der Waals surface area contributed by atoms with Gasteiger partial charge < -0.3 is 4.90 Å². The van der Waals surface area contributed by atoms with Crippen molar-refractivity contribution in [1.29, 1.82) is 0 Å². The molecule has 70 valence electrons. The predicted octanol–water partition coefficient (Wildman–Crippen LogP) is 0.312. The van der Waals surface area contributed by atoms with Gasteiger partial charge in [0, 0.05) is 19.6 Å². The van der Waals surface area contributed by atoms with Crippen LogP contribution in [0, 0.1) is 0 Å². The van der Waals surface area contributed by atoms with Gasteiger partial charge in [0.15, 0.2) is 0 Å². The minimum atomic E-state index is 0.788. The lowest BCUT2D eigenvalue weighted by atomic mass is 10.1. The second-order valence-electron chi connectivity index (χ2n) is 2.99. The molecule has 3 N–H and O–H groups in total. The van der Waals surface area contributed by atoms with E-state index in [0.29, 0.717) is 0 Å². The minimum Gasteiger partial charge on any atom is -0.342 e. The van der Waals surface area contributed by atoms with E-state index in [2.05, 4.69) is 15.3 Å². The summed E-state index contributed by atoms with van der Waals surface area (Å²) in [6.07, 6.45) is 3.84. The van der Waals surface area contributed by atoms with E-state index in [1.807, 2.05) is 6.92 Å². The van der Waals surface area contributed by atoms with Crippen LogP contribution in [0.2, 0.25) is 0 Å². The molecule has 1 saturated heterocycles. The number of piperidine rings is 1. The van der Waals surface area contributed by atoms with Gasteiger partial charge in [0.1, 0.15) is 0 Å².